The van der Waals surface area contributed by atoms with Gasteiger partial charge in [0.1, 0.15) is 0 Å². The van der Waals surface area contributed by atoms with Crippen LogP contribution in [0.3, 0.4) is 0 Å². The Kier molecular flexibility index (Phi) is 32.9. The molecule has 0 aromatic rings. The van der Waals surface area contributed by atoms with Gasteiger partial charge in [-0.15, -0.1) is 0 Å². The third kappa shape index (κ3) is 28.1. The molecule has 0 aromatic heterocycles. The molecule has 0 saturated carbocycles. The molecule has 0 spiro atoms. The van der Waals surface area contributed by atoms with Crippen molar-refractivity contribution in [1.82, 2.24) is 20.0 Å². The van der Waals surface area contributed by atoms with Crippen molar-refractivity contribution in [2.75, 3.05) is 58.9 Å². The fourth-order valence-corrected chi connectivity index (χ4v) is 5.95. The van der Waals surface area contributed by atoms with Crippen molar-refractivity contribution in [1.29, 1.82) is 0 Å². The summed E-state index contributed by atoms with van der Waals surface area (Å²) in [6.45, 7) is 16.8. The minimum atomic E-state index is 0.211. The molecule has 0 atom stereocenters. The smallest absolute Gasteiger partial charge is 0.236 e. The van der Waals surface area contributed by atoms with Crippen LogP contribution in [0.1, 0.15) is 169 Å². The van der Waals surface area contributed by atoms with Crippen molar-refractivity contribution >= 4 is 12.3 Å². The van der Waals surface area contributed by atoms with E-state index in [0.717, 1.165) is 39.0 Å². The van der Waals surface area contributed by atoms with Gasteiger partial charge in [-0.05, 0) is 45.3 Å². The van der Waals surface area contributed by atoms with E-state index < -0.39 is 0 Å². The first kappa shape index (κ1) is 41.9. The van der Waals surface area contributed by atoms with E-state index in [1.165, 1.54) is 148 Å². The molecule has 6 nitrogen and oxygen atoms in total. The van der Waals surface area contributed by atoms with E-state index in [0.29, 0.717) is 19.6 Å². The van der Waals surface area contributed by atoms with Crippen molar-refractivity contribution in [3.8, 4) is 0 Å². The van der Waals surface area contributed by atoms with Crippen LogP contribution in [0.2, 0.25) is 0 Å². The van der Waals surface area contributed by atoms with E-state index in [2.05, 4.69) is 42.8 Å². The number of nitrogens with zero attached hydrogens (tertiary/aromatic N) is 3. The Morgan fingerprint density at radius 1 is 0.465 bits per heavy atom. The summed E-state index contributed by atoms with van der Waals surface area (Å²) < 4.78 is 0. The van der Waals surface area contributed by atoms with Gasteiger partial charge in [0.25, 0.3) is 0 Å². The van der Waals surface area contributed by atoms with E-state index in [1.54, 1.807) is 0 Å². The molecular weight excluding hydrogens is 532 g/mol. The lowest BCUT2D eigenvalue weighted by Gasteiger charge is -2.30. The first-order valence-electron chi connectivity index (χ1n) is 19.0. The van der Waals surface area contributed by atoms with Gasteiger partial charge >= 0.3 is 0 Å². The van der Waals surface area contributed by atoms with Gasteiger partial charge in [0.05, 0.1) is 6.54 Å². The predicted octanol–water partition coefficient (Wildman–Crippen LogP) is 8.83. The summed E-state index contributed by atoms with van der Waals surface area (Å²) in [7, 11) is 0. The summed E-state index contributed by atoms with van der Waals surface area (Å²) in [6, 6.07) is 0. The Morgan fingerprint density at radius 2 is 0.860 bits per heavy atom. The van der Waals surface area contributed by atoms with Gasteiger partial charge in [-0.3, -0.25) is 14.5 Å². The Morgan fingerprint density at radius 3 is 1.28 bits per heavy atom. The van der Waals surface area contributed by atoms with Crippen molar-refractivity contribution in [2.45, 2.75) is 169 Å². The summed E-state index contributed by atoms with van der Waals surface area (Å²) in [5.74, 6) is 0.211. The van der Waals surface area contributed by atoms with Gasteiger partial charge in [0.15, 0.2) is 0 Å². The number of carbonyl (C=O) groups excluding carboxylic acids is 2. The van der Waals surface area contributed by atoms with Gasteiger partial charge in [-0.25, -0.2) is 0 Å². The molecule has 2 amide bonds. The Labute approximate surface area is 269 Å². The summed E-state index contributed by atoms with van der Waals surface area (Å²) in [6.07, 6.45) is 29.7. The van der Waals surface area contributed by atoms with Crippen LogP contribution in [0.15, 0.2) is 0 Å². The molecule has 0 heterocycles. The van der Waals surface area contributed by atoms with Crippen molar-refractivity contribution in [2.24, 2.45) is 0 Å². The second kappa shape index (κ2) is 33.7. The number of hydrogen-bond acceptors (Lipinski definition) is 4. The fraction of sp³-hybridized carbons (Fsp3) is 0.946. The zero-order chi connectivity index (χ0) is 31.6. The fourth-order valence-electron chi connectivity index (χ4n) is 5.95. The van der Waals surface area contributed by atoms with E-state index in [-0.39, 0.29) is 5.91 Å². The number of carbonyl (C=O) groups is 2. The summed E-state index contributed by atoms with van der Waals surface area (Å²) >= 11 is 0. The largest absolute Gasteiger partial charge is 0.357 e. The van der Waals surface area contributed by atoms with Crippen LogP contribution in [-0.2, 0) is 9.59 Å². The SMILES string of the molecule is CCCCCCCCCN(CCCCCCCCC)CCN(CCCCCCCCC)CC(=O)N(CCC)CCNC=O. The molecule has 0 aliphatic carbocycles. The Balaban J connectivity index is 5.04. The van der Waals surface area contributed by atoms with Crippen LogP contribution < -0.4 is 5.32 Å². The zero-order valence-electron chi connectivity index (χ0n) is 29.7. The molecule has 1 N–H and O–H groups in total. The highest BCUT2D eigenvalue weighted by Gasteiger charge is 2.18. The molecule has 0 aromatic carbocycles. The average Bonchev–Trinajstić information content (AvgIpc) is 3.01. The molecule has 0 saturated heterocycles. The summed E-state index contributed by atoms with van der Waals surface area (Å²) in [4.78, 5) is 31.2. The molecule has 43 heavy (non-hydrogen) atoms. The van der Waals surface area contributed by atoms with Crippen LogP contribution in [0.25, 0.3) is 0 Å². The third-order valence-corrected chi connectivity index (χ3v) is 8.78. The number of rotatable bonds is 35. The number of amides is 2. The van der Waals surface area contributed by atoms with E-state index in [4.69, 9.17) is 0 Å². The van der Waals surface area contributed by atoms with Gasteiger partial charge in [0, 0.05) is 32.7 Å². The van der Waals surface area contributed by atoms with Gasteiger partial charge in [0.2, 0.25) is 12.3 Å². The Hall–Kier alpha value is -1.14. The second-order valence-corrected chi connectivity index (χ2v) is 12.9. The van der Waals surface area contributed by atoms with Crippen LogP contribution in [-0.4, -0.2) is 85.9 Å². The molecule has 0 radical (unpaired) electrons. The predicted molar refractivity (Wildman–Crippen MR) is 188 cm³/mol. The minimum absolute atomic E-state index is 0.211. The first-order chi connectivity index (χ1) is 21.1. The normalized spacial score (nSPS) is 11.5. The average molecular weight is 609 g/mol. The molecule has 256 valence electrons. The monoisotopic (exact) mass is 609 g/mol. The van der Waals surface area contributed by atoms with Gasteiger partial charge in [-0.2, -0.15) is 0 Å². The summed E-state index contributed by atoms with van der Waals surface area (Å²) in [5.41, 5.74) is 0. The maximum Gasteiger partial charge on any atom is 0.236 e. The van der Waals surface area contributed by atoms with E-state index in [9.17, 15) is 9.59 Å². The van der Waals surface area contributed by atoms with Crippen LogP contribution in [0.5, 0.6) is 0 Å². The molecular formula is C37H76N4O2. The van der Waals surface area contributed by atoms with Crippen molar-refractivity contribution in [3.63, 3.8) is 0 Å². The lowest BCUT2D eigenvalue weighted by molar-refractivity contribution is -0.132. The Bertz CT molecular complexity index is 571. The number of hydrogen-bond donors (Lipinski definition) is 1. The number of unbranched alkanes of at least 4 members (excludes halogenated alkanes) is 18. The third-order valence-electron chi connectivity index (χ3n) is 8.78. The van der Waals surface area contributed by atoms with Gasteiger partial charge in [-0.1, -0.05) is 143 Å². The highest BCUT2D eigenvalue weighted by molar-refractivity contribution is 5.78. The standard InChI is InChI=1S/C37H76N4O2/c1-5-9-12-15-18-21-24-29-39(30-25-22-19-16-13-10-6-2)33-34-40(31-26-23-20-17-14-11-7-3)35-37(43)41(28-8-4)32-27-38-36-42/h36H,5-35H2,1-4H3,(H,38,42). The highest BCUT2D eigenvalue weighted by Crippen LogP contribution is 2.12. The molecule has 0 bridgehead atoms. The number of nitrogens with one attached hydrogen (secondary N) is 1. The maximum atomic E-state index is 13.4. The lowest BCUT2D eigenvalue weighted by Crippen LogP contribution is -2.45. The van der Waals surface area contributed by atoms with Crippen molar-refractivity contribution in [3.05, 3.63) is 0 Å². The van der Waals surface area contributed by atoms with Crippen LogP contribution >= 0.6 is 0 Å². The molecule has 0 unspecified atom stereocenters. The quantitative estimate of drug-likeness (QED) is 0.0577. The summed E-state index contributed by atoms with van der Waals surface area (Å²) in [5, 5.41) is 2.73. The van der Waals surface area contributed by atoms with Gasteiger partial charge < -0.3 is 15.1 Å². The van der Waals surface area contributed by atoms with Crippen LogP contribution in [0.4, 0.5) is 0 Å². The molecule has 0 aliphatic heterocycles. The van der Waals surface area contributed by atoms with Crippen molar-refractivity contribution < 1.29 is 9.59 Å². The topological polar surface area (TPSA) is 55.9 Å². The zero-order valence-corrected chi connectivity index (χ0v) is 29.7. The molecule has 0 rings (SSSR count). The second-order valence-electron chi connectivity index (χ2n) is 12.9. The minimum Gasteiger partial charge on any atom is -0.357 e. The van der Waals surface area contributed by atoms with Crippen LogP contribution in [0, 0.1) is 0 Å². The highest BCUT2D eigenvalue weighted by atomic mass is 16.2. The molecule has 0 fully saturated rings. The lowest BCUT2D eigenvalue weighted by atomic mass is 10.1. The van der Waals surface area contributed by atoms with E-state index >= 15 is 0 Å². The maximum absolute atomic E-state index is 13.4. The first-order valence-corrected chi connectivity index (χ1v) is 19.0. The molecule has 0 aliphatic rings. The molecule has 6 heteroatoms. The van der Waals surface area contributed by atoms with E-state index in [1.807, 2.05) is 4.90 Å².